The molecule has 9 heteroatoms. The van der Waals surface area contributed by atoms with Crippen molar-refractivity contribution in [3.05, 3.63) is 73.6 Å². The van der Waals surface area contributed by atoms with Crippen molar-refractivity contribution in [3.8, 4) is 33.8 Å². The molecule has 9 nitrogen and oxygen atoms in total. The molecule has 0 aliphatic rings. The van der Waals surface area contributed by atoms with Crippen LogP contribution in [0.5, 0.6) is 0 Å². The van der Waals surface area contributed by atoms with Crippen LogP contribution in [0.3, 0.4) is 0 Å². The first-order chi connectivity index (χ1) is 17.9. The Morgan fingerprint density at radius 2 is 1.70 bits per heavy atom. The average Bonchev–Trinajstić information content (AvgIpc) is 3.52. The molecule has 5 aromatic heterocycles. The van der Waals surface area contributed by atoms with Crippen LogP contribution in [0.25, 0.3) is 55.7 Å². The van der Waals surface area contributed by atoms with E-state index in [1.165, 1.54) is 0 Å². The molecule has 0 saturated heterocycles. The van der Waals surface area contributed by atoms with Gasteiger partial charge in [0.1, 0.15) is 11.2 Å². The average molecular weight is 489 g/mol. The van der Waals surface area contributed by atoms with Gasteiger partial charge < -0.3 is 10.3 Å². The van der Waals surface area contributed by atoms with E-state index >= 15 is 0 Å². The summed E-state index contributed by atoms with van der Waals surface area (Å²) in [6, 6.07) is 11.8. The summed E-state index contributed by atoms with van der Waals surface area (Å²) in [5.74, 6) is 0.574. The number of aromatic amines is 2. The number of H-pyrrole nitrogens is 2. The van der Waals surface area contributed by atoms with Gasteiger partial charge >= 0.3 is 0 Å². The summed E-state index contributed by atoms with van der Waals surface area (Å²) in [6.07, 6.45) is 10.5. The third-order valence-electron chi connectivity index (χ3n) is 6.16. The number of amides is 1. The van der Waals surface area contributed by atoms with E-state index in [-0.39, 0.29) is 5.91 Å². The van der Waals surface area contributed by atoms with Gasteiger partial charge in [0.05, 0.1) is 29.1 Å². The lowest BCUT2D eigenvalue weighted by atomic mass is 9.95. The van der Waals surface area contributed by atoms with Crippen molar-refractivity contribution in [1.29, 1.82) is 0 Å². The van der Waals surface area contributed by atoms with Crippen molar-refractivity contribution in [3.63, 3.8) is 0 Å². The Morgan fingerprint density at radius 1 is 0.865 bits per heavy atom. The second kappa shape index (κ2) is 8.63. The highest BCUT2D eigenvalue weighted by Gasteiger charge is 2.21. The Labute approximate surface area is 212 Å². The Hall–Kier alpha value is -4.92. The fraction of sp³-hybridized carbons (Fsp3) is 0.143. The smallest absolute Gasteiger partial charge is 0.229 e. The lowest BCUT2D eigenvalue weighted by Crippen LogP contribution is -2.27. The zero-order chi connectivity index (χ0) is 25.6. The number of anilines is 1. The van der Waals surface area contributed by atoms with Crippen LogP contribution in [0.15, 0.2) is 73.6 Å². The number of carbonyl (C=O) groups excluding carboxylic acids is 1. The van der Waals surface area contributed by atoms with Gasteiger partial charge in [-0.05, 0) is 29.8 Å². The summed E-state index contributed by atoms with van der Waals surface area (Å²) in [4.78, 5) is 33.6. The van der Waals surface area contributed by atoms with E-state index in [1.807, 2.05) is 57.2 Å². The molecule has 0 atom stereocenters. The van der Waals surface area contributed by atoms with Crippen LogP contribution in [0.4, 0.5) is 5.69 Å². The predicted octanol–water partition coefficient (Wildman–Crippen LogP) is 5.61. The number of imidazole rings is 1. The number of fused-ring (bicyclic) bond motifs is 2. The van der Waals surface area contributed by atoms with Crippen LogP contribution in [0.2, 0.25) is 0 Å². The van der Waals surface area contributed by atoms with E-state index in [0.29, 0.717) is 17.2 Å². The molecule has 5 heterocycles. The topological polar surface area (TPSA) is 125 Å². The molecule has 0 aliphatic heterocycles. The number of nitrogens with one attached hydrogen (secondary N) is 3. The highest BCUT2D eigenvalue weighted by Crippen LogP contribution is 2.33. The zero-order valence-electron chi connectivity index (χ0n) is 20.6. The van der Waals surface area contributed by atoms with Crippen molar-refractivity contribution in [2.75, 3.05) is 5.32 Å². The number of hydrogen-bond acceptors (Lipinski definition) is 6. The van der Waals surface area contributed by atoms with Gasteiger partial charge in [0.2, 0.25) is 5.91 Å². The predicted molar refractivity (Wildman–Crippen MR) is 144 cm³/mol. The van der Waals surface area contributed by atoms with Gasteiger partial charge in [-0.2, -0.15) is 5.10 Å². The number of hydrogen-bond donors (Lipinski definition) is 3. The molecule has 182 valence electrons. The quantitative estimate of drug-likeness (QED) is 0.296. The van der Waals surface area contributed by atoms with E-state index in [2.05, 4.69) is 35.5 Å². The van der Waals surface area contributed by atoms with Crippen molar-refractivity contribution < 1.29 is 4.79 Å². The molecule has 0 radical (unpaired) electrons. The lowest BCUT2D eigenvalue weighted by molar-refractivity contribution is -0.123. The standard InChI is InChI=1S/C28H24N8O/c1-28(2,3)27(37)32-19-9-18(12-30-13-19)16-6-7-22-20(10-16)25(36-35-22)26-33-23-15-31-14-21(24(23)34-26)17-5-4-8-29-11-17/h4-15H,1-3H3,(H,32,37)(H,33,34)(H,35,36). The summed E-state index contributed by atoms with van der Waals surface area (Å²) < 4.78 is 0. The molecule has 6 aromatic rings. The molecule has 1 amide bonds. The van der Waals surface area contributed by atoms with Crippen molar-refractivity contribution in [1.82, 2.24) is 35.1 Å². The number of rotatable bonds is 4. The Morgan fingerprint density at radius 3 is 2.51 bits per heavy atom. The largest absolute Gasteiger partial charge is 0.335 e. The minimum atomic E-state index is -0.500. The SMILES string of the molecule is CC(C)(C)C(=O)Nc1cncc(-c2ccc3[nH]nc(-c4nc5c(-c6cccnc6)cncc5[nH]4)c3c2)c1. The number of pyridine rings is 3. The molecule has 0 fully saturated rings. The van der Waals surface area contributed by atoms with Crippen LogP contribution >= 0.6 is 0 Å². The van der Waals surface area contributed by atoms with Gasteiger partial charge in [0.25, 0.3) is 0 Å². The molecule has 0 spiro atoms. The maximum atomic E-state index is 12.4. The first kappa shape index (κ1) is 22.5. The van der Waals surface area contributed by atoms with Crippen molar-refractivity contribution in [2.24, 2.45) is 5.41 Å². The fourth-order valence-electron chi connectivity index (χ4n) is 4.14. The van der Waals surface area contributed by atoms with Gasteiger partial charge in [0.15, 0.2) is 5.82 Å². The number of aromatic nitrogens is 7. The molecular weight excluding hydrogens is 464 g/mol. The molecule has 3 N–H and O–H groups in total. The van der Waals surface area contributed by atoms with Gasteiger partial charge in [-0.3, -0.25) is 24.8 Å². The van der Waals surface area contributed by atoms with Gasteiger partial charge in [-0.15, -0.1) is 0 Å². The number of carbonyl (C=O) groups is 1. The maximum Gasteiger partial charge on any atom is 0.229 e. The van der Waals surface area contributed by atoms with E-state index in [0.717, 1.165) is 44.2 Å². The second-order valence-electron chi connectivity index (χ2n) is 9.91. The summed E-state index contributed by atoms with van der Waals surface area (Å²) in [5, 5.41) is 11.5. The fourth-order valence-corrected chi connectivity index (χ4v) is 4.14. The van der Waals surface area contributed by atoms with Crippen LogP contribution in [-0.2, 0) is 4.79 Å². The van der Waals surface area contributed by atoms with Crippen LogP contribution < -0.4 is 5.32 Å². The zero-order valence-corrected chi connectivity index (χ0v) is 20.6. The third kappa shape index (κ3) is 4.20. The summed E-state index contributed by atoms with van der Waals surface area (Å²) in [6.45, 7) is 5.63. The molecule has 0 bridgehead atoms. The van der Waals surface area contributed by atoms with Crippen LogP contribution in [0, 0.1) is 5.41 Å². The Balaban J connectivity index is 1.40. The van der Waals surface area contributed by atoms with Crippen molar-refractivity contribution in [2.45, 2.75) is 20.8 Å². The second-order valence-corrected chi connectivity index (χ2v) is 9.91. The van der Waals surface area contributed by atoms with Gasteiger partial charge in [-0.1, -0.05) is 32.9 Å². The number of nitrogens with zero attached hydrogens (tertiary/aromatic N) is 5. The molecule has 0 aliphatic carbocycles. The summed E-state index contributed by atoms with van der Waals surface area (Å²) >= 11 is 0. The normalized spacial score (nSPS) is 11.8. The maximum absolute atomic E-state index is 12.4. The summed E-state index contributed by atoms with van der Waals surface area (Å²) in [5.41, 5.74) is 7.03. The van der Waals surface area contributed by atoms with Crippen molar-refractivity contribution >= 4 is 33.5 Å². The van der Waals surface area contributed by atoms with Crippen LogP contribution in [-0.4, -0.2) is 41.0 Å². The molecule has 1 aromatic carbocycles. The van der Waals surface area contributed by atoms with E-state index in [4.69, 9.17) is 4.98 Å². The molecule has 0 unspecified atom stereocenters. The summed E-state index contributed by atoms with van der Waals surface area (Å²) in [7, 11) is 0. The molecule has 0 saturated carbocycles. The Kier molecular flexibility index (Phi) is 5.26. The highest BCUT2D eigenvalue weighted by molar-refractivity contribution is 5.98. The first-order valence-corrected chi connectivity index (χ1v) is 11.9. The lowest BCUT2D eigenvalue weighted by Gasteiger charge is -2.17. The minimum absolute atomic E-state index is 0.0657. The molecule has 37 heavy (non-hydrogen) atoms. The van der Waals surface area contributed by atoms with E-state index in [1.54, 1.807) is 37.2 Å². The van der Waals surface area contributed by atoms with Gasteiger partial charge in [-0.25, -0.2) is 4.98 Å². The minimum Gasteiger partial charge on any atom is -0.335 e. The number of benzene rings is 1. The van der Waals surface area contributed by atoms with E-state index in [9.17, 15) is 4.79 Å². The van der Waals surface area contributed by atoms with Crippen LogP contribution in [0.1, 0.15) is 20.8 Å². The van der Waals surface area contributed by atoms with E-state index < -0.39 is 5.41 Å². The van der Waals surface area contributed by atoms with Gasteiger partial charge in [0, 0.05) is 52.3 Å². The molecular formula is C28H24N8O. The Bertz CT molecular complexity index is 1760. The third-order valence-corrected chi connectivity index (χ3v) is 6.16. The monoisotopic (exact) mass is 488 g/mol. The first-order valence-electron chi connectivity index (χ1n) is 11.9. The molecule has 6 rings (SSSR count). The highest BCUT2D eigenvalue weighted by atomic mass is 16.2.